The number of fused-ring (bicyclic) bond motifs is 1. The summed E-state index contributed by atoms with van der Waals surface area (Å²) in [5.41, 5.74) is 0.0627. The lowest BCUT2D eigenvalue weighted by molar-refractivity contribution is 0.0565. The van der Waals surface area contributed by atoms with E-state index in [1.807, 2.05) is 13.8 Å². The Labute approximate surface area is 157 Å². The number of benzene rings is 1. The predicted octanol–water partition coefficient (Wildman–Crippen LogP) is 1.89. The van der Waals surface area contributed by atoms with Gasteiger partial charge in [0.1, 0.15) is 0 Å². The van der Waals surface area contributed by atoms with Crippen LogP contribution in [-0.4, -0.2) is 64.4 Å². The molecule has 2 aromatic rings. The molecule has 0 atom stereocenters. The summed E-state index contributed by atoms with van der Waals surface area (Å²) >= 11 is 0. The summed E-state index contributed by atoms with van der Waals surface area (Å²) in [7, 11) is 0. The molecule has 1 aromatic carbocycles. The minimum atomic E-state index is -0.360. The van der Waals surface area contributed by atoms with Gasteiger partial charge in [0.25, 0.3) is 11.5 Å². The number of piperazine rings is 1. The molecule has 0 saturated carbocycles. The van der Waals surface area contributed by atoms with E-state index in [2.05, 4.69) is 5.10 Å². The van der Waals surface area contributed by atoms with Crippen LogP contribution in [-0.2, 0) is 4.74 Å². The molecule has 0 N–H and O–H groups in total. The molecule has 27 heavy (non-hydrogen) atoms. The molecule has 0 radical (unpaired) electrons. The molecule has 1 aliphatic rings. The number of amides is 2. The number of carbonyl (C=O) groups is 2. The summed E-state index contributed by atoms with van der Waals surface area (Å²) in [6.07, 6.45) is -0.360. The van der Waals surface area contributed by atoms with Crippen LogP contribution in [0.1, 0.15) is 37.3 Å². The molecule has 0 aliphatic carbocycles. The second-order valence-electron chi connectivity index (χ2n) is 6.72. The topological polar surface area (TPSA) is 84.7 Å². The fourth-order valence-electron chi connectivity index (χ4n) is 3.17. The van der Waals surface area contributed by atoms with Crippen molar-refractivity contribution in [3.8, 4) is 0 Å². The summed E-state index contributed by atoms with van der Waals surface area (Å²) in [6.45, 7) is 7.41. The number of ether oxygens (including phenoxy) is 1. The van der Waals surface area contributed by atoms with Gasteiger partial charge in [0.15, 0.2) is 5.69 Å². The molecule has 1 fully saturated rings. The molecule has 1 saturated heterocycles. The molecule has 8 heteroatoms. The van der Waals surface area contributed by atoms with E-state index in [9.17, 15) is 14.4 Å². The molecular weight excluding hydrogens is 348 g/mol. The van der Waals surface area contributed by atoms with Crippen LogP contribution in [0, 0.1) is 0 Å². The van der Waals surface area contributed by atoms with E-state index < -0.39 is 0 Å². The van der Waals surface area contributed by atoms with Crippen molar-refractivity contribution in [1.29, 1.82) is 0 Å². The monoisotopic (exact) mass is 372 g/mol. The molecule has 2 heterocycles. The minimum Gasteiger partial charge on any atom is -0.450 e. The number of rotatable bonds is 3. The lowest BCUT2D eigenvalue weighted by Crippen LogP contribution is -2.51. The average Bonchev–Trinajstić information content (AvgIpc) is 2.68. The van der Waals surface area contributed by atoms with Gasteiger partial charge in [-0.25, -0.2) is 9.48 Å². The van der Waals surface area contributed by atoms with Gasteiger partial charge in [-0.1, -0.05) is 18.2 Å². The van der Waals surface area contributed by atoms with Crippen molar-refractivity contribution in [2.75, 3.05) is 32.8 Å². The molecule has 0 unspecified atom stereocenters. The van der Waals surface area contributed by atoms with Gasteiger partial charge in [0, 0.05) is 31.6 Å². The molecular formula is C19H24N4O4. The molecule has 0 bridgehead atoms. The second kappa shape index (κ2) is 7.77. The maximum Gasteiger partial charge on any atom is 0.409 e. The predicted molar refractivity (Wildman–Crippen MR) is 101 cm³/mol. The zero-order valence-corrected chi connectivity index (χ0v) is 15.8. The Hall–Kier alpha value is -2.90. The van der Waals surface area contributed by atoms with E-state index in [4.69, 9.17) is 4.74 Å². The van der Waals surface area contributed by atoms with Crippen LogP contribution in [0.2, 0.25) is 0 Å². The van der Waals surface area contributed by atoms with E-state index in [0.717, 1.165) is 0 Å². The Morgan fingerprint density at radius 3 is 2.26 bits per heavy atom. The number of hydrogen-bond acceptors (Lipinski definition) is 5. The van der Waals surface area contributed by atoms with Crippen molar-refractivity contribution in [1.82, 2.24) is 19.6 Å². The number of aromatic nitrogens is 2. The minimum absolute atomic E-state index is 0.158. The van der Waals surface area contributed by atoms with Crippen molar-refractivity contribution >= 4 is 22.8 Å². The zero-order chi connectivity index (χ0) is 19.6. The number of hydrogen-bond donors (Lipinski definition) is 0. The van der Waals surface area contributed by atoms with Crippen LogP contribution in [0.5, 0.6) is 0 Å². The van der Waals surface area contributed by atoms with Gasteiger partial charge in [-0.15, -0.1) is 0 Å². The van der Waals surface area contributed by atoms with Crippen LogP contribution >= 0.6 is 0 Å². The van der Waals surface area contributed by atoms with Gasteiger partial charge in [0.2, 0.25) is 0 Å². The fourth-order valence-corrected chi connectivity index (χ4v) is 3.17. The van der Waals surface area contributed by atoms with Crippen molar-refractivity contribution in [3.63, 3.8) is 0 Å². The first-order valence-electron chi connectivity index (χ1n) is 9.16. The highest BCUT2D eigenvalue weighted by molar-refractivity contribution is 6.04. The Bertz CT molecular complexity index is 914. The Balaban J connectivity index is 1.90. The van der Waals surface area contributed by atoms with E-state index >= 15 is 0 Å². The molecule has 3 rings (SSSR count). The third kappa shape index (κ3) is 3.65. The van der Waals surface area contributed by atoms with Gasteiger partial charge in [-0.3, -0.25) is 9.59 Å². The maximum absolute atomic E-state index is 13.1. The lowest BCUT2D eigenvalue weighted by Gasteiger charge is -2.34. The zero-order valence-electron chi connectivity index (χ0n) is 15.8. The van der Waals surface area contributed by atoms with E-state index in [1.54, 1.807) is 41.0 Å². The molecule has 1 aliphatic heterocycles. The second-order valence-corrected chi connectivity index (χ2v) is 6.72. The smallest absolute Gasteiger partial charge is 0.409 e. The number of nitrogens with zero attached hydrogens (tertiary/aromatic N) is 4. The van der Waals surface area contributed by atoms with Crippen LogP contribution in [0.3, 0.4) is 0 Å². The molecule has 144 valence electrons. The van der Waals surface area contributed by atoms with Crippen molar-refractivity contribution in [2.45, 2.75) is 26.8 Å². The molecule has 8 nitrogen and oxygen atoms in total. The van der Waals surface area contributed by atoms with Crippen molar-refractivity contribution in [3.05, 3.63) is 40.3 Å². The third-order valence-corrected chi connectivity index (χ3v) is 4.61. The highest BCUT2D eigenvalue weighted by Crippen LogP contribution is 2.17. The third-order valence-electron chi connectivity index (χ3n) is 4.61. The fraction of sp³-hybridized carbons (Fsp3) is 0.474. The van der Waals surface area contributed by atoms with Gasteiger partial charge >= 0.3 is 6.09 Å². The normalized spacial score (nSPS) is 14.7. The highest BCUT2D eigenvalue weighted by Gasteiger charge is 2.28. The lowest BCUT2D eigenvalue weighted by atomic mass is 10.1. The first-order chi connectivity index (χ1) is 12.9. The van der Waals surface area contributed by atoms with Gasteiger partial charge in [-0.05, 0) is 26.8 Å². The first-order valence-corrected chi connectivity index (χ1v) is 9.16. The Morgan fingerprint density at radius 1 is 1.07 bits per heavy atom. The standard InChI is InChI=1S/C19H24N4O4/c1-4-27-19(26)22-11-9-21(10-12-22)18(25)16-14-7-5-6-8-15(14)17(24)23(20-16)13(2)3/h5-8,13H,4,9-12H2,1-3H3. The molecule has 0 spiro atoms. The highest BCUT2D eigenvalue weighted by atomic mass is 16.6. The van der Waals surface area contributed by atoms with Crippen molar-refractivity contribution in [2.24, 2.45) is 0 Å². The van der Waals surface area contributed by atoms with Crippen LogP contribution in [0.4, 0.5) is 4.79 Å². The largest absolute Gasteiger partial charge is 0.450 e. The summed E-state index contributed by atoms with van der Waals surface area (Å²) in [4.78, 5) is 40.8. The van der Waals surface area contributed by atoms with Gasteiger partial charge < -0.3 is 14.5 Å². The quantitative estimate of drug-likeness (QED) is 0.821. The SMILES string of the molecule is CCOC(=O)N1CCN(C(=O)c2nn(C(C)C)c(=O)c3ccccc23)CC1. The van der Waals surface area contributed by atoms with E-state index in [0.29, 0.717) is 43.6 Å². The Morgan fingerprint density at radius 2 is 1.67 bits per heavy atom. The average molecular weight is 372 g/mol. The van der Waals surface area contributed by atoms with E-state index in [1.165, 1.54) is 4.68 Å². The van der Waals surface area contributed by atoms with Crippen LogP contribution in [0.25, 0.3) is 10.8 Å². The van der Waals surface area contributed by atoms with Gasteiger partial charge in [-0.2, -0.15) is 5.10 Å². The summed E-state index contributed by atoms with van der Waals surface area (Å²) < 4.78 is 6.36. The number of carbonyl (C=O) groups excluding carboxylic acids is 2. The first kappa shape index (κ1) is 18.9. The van der Waals surface area contributed by atoms with Crippen LogP contribution in [0.15, 0.2) is 29.1 Å². The summed E-state index contributed by atoms with van der Waals surface area (Å²) in [6, 6.07) is 6.87. The summed E-state index contributed by atoms with van der Waals surface area (Å²) in [5.74, 6) is -0.232. The van der Waals surface area contributed by atoms with Crippen LogP contribution < -0.4 is 5.56 Å². The summed E-state index contributed by atoms with van der Waals surface area (Å²) in [5, 5.41) is 5.40. The Kier molecular flexibility index (Phi) is 5.43. The maximum atomic E-state index is 13.1. The van der Waals surface area contributed by atoms with Gasteiger partial charge in [0.05, 0.1) is 18.0 Å². The van der Waals surface area contributed by atoms with Crippen molar-refractivity contribution < 1.29 is 14.3 Å². The van der Waals surface area contributed by atoms with E-state index in [-0.39, 0.29) is 29.3 Å². The molecule has 1 aromatic heterocycles. The molecule has 2 amide bonds.